The molecule has 1 saturated carbocycles. The summed E-state index contributed by atoms with van der Waals surface area (Å²) in [6.07, 6.45) is 3.50. The van der Waals surface area contributed by atoms with Crippen LogP contribution in [0.1, 0.15) is 51.5 Å². The molecule has 0 heterocycles. The third kappa shape index (κ3) is 2.90. The van der Waals surface area contributed by atoms with Crippen LogP contribution in [0.2, 0.25) is 0 Å². The monoisotopic (exact) mass is 232 g/mol. The Bertz CT molecular complexity index is 344. The summed E-state index contributed by atoms with van der Waals surface area (Å²) >= 11 is 0. The first-order valence-electron chi connectivity index (χ1n) is 6.87. The zero-order chi connectivity index (χ0) is 12.3. The predicted octanol–water partition coefficient (Wildman–Crippen LogP) is 4.39. The Balaban J connectivity index is 1.91. The number of hydrogen-bond donors (Lipinski definition) is 0. The normalized spacial score (nSPS) is 27.4. The first kappa shape index (κ1) is 12.6. The van der Waals surface area contributed by atoms with Gasteiger partial charge in [-0.25, -0.2) is 0 Å². The summed E-state index contributed by atoms with van der Waals surface area (Å²) in [7, 11) is 0. The van der Waals surface area contributed by atoms with Gasteiger partial charge in [0.05, 0.1) is 5.60 Å². The standard InChI is InChI=1S/C16H24O/c1-4-16(17-11-10-13(2)3)12-15(16)14-8-6-5-7-9-14/h5-9,13,15H,4,10-12H2,1-3H3. The predicted molar refractivity (Wildman–Crippen MR) is 72.2 cm³/mol. The fourth-order valence-electron chi connectivity index (χ4n) is 2.54. The largest absolute Gasteiger partial charge is 0.374 e. The first-order valence-corrected chi connectivity index (χ1v) is 6.87. The van der Waals surface area contributed by atoms with E-state index >= 15 is 0 Å². The van der Waals surface area contributed by atoms with Crippen molar-refractivity contribution < 1.29 is 4.74 Å². The molecule has 0 bridgehead atoms. The number of hydrogen-bond acceptors (Lipinski definition) is 1. The molecule has 1 aliphatic rings. The molecule has 1 nitrogen and oxygen atoms in total. The number of ether oxygens (including phenoxy) is 1. The van der Waals surface area contributed by atoms with Crippen LogP contribution in [0.15, 0.2) is 30.3 Å². The molecule has 17 heavy (non-hydrogen) atoms. The highest BCUT2D eigenvalue weighted by Crippen LogP contribution is 2.56. The molecule has 0 aromatic heterocycles. The Labute approximate surface area is 105 Å². The molecule has 0 amide bonds. The second-order valence-electron chi connectivity index (χ2n) is 5.62. The molecule has 94 valence electrons. The van der Waals surface area contributed by atoms with E-state index in [1.54, 1.807) is 0 Å². The molecule has 1 aliphatic carbocycles. The molecule has 1 fully saturated rings. The van der Waals surface area contributed by atoms with Crippen molar-refractivity contribution in [2.24, 2.45) is 5.92 Å². The number of benzene rings is 1. The van der Waals surface area contributed by atoms with Crippen molar-refractivity contribution in [3.8, 4) is 0 Å². The lowest BCUT2D eigenvalue weighted by atomic mass is 10.1. The van der Waals surface area contributed by atoms with Gasteiger partial charge in [-0.3, -0.25) is 0 Å². The van der Waals surface area contributed by atoms with Crippen molar-refractivity contribution in [3.63, 3.8) is 0 Å². The van der Waals surface area contributed by atoms with E-state index in [4.69, 9.17) is 4.74 Å². The Hall–Kier alpha value is -0.820. The van der Waals surface area contributed by atoms with Gasteiger partial charge in [0.15, 0.2) is 0 Å². The van der Waals surface area contributed by atoms with Gasteiger partial charge in [0, 0.05) is 12.5 Å². The smallest absolute Gasteiger partial charge is 0.0756 e. The van der Waals surface area contributed by atoms with Gasteiger partial charge < -0.3 is 4.74 Å². The Morgan fingerprint density at radius 2 is 2.00 bits per heavy atom. The van der Waals surface area contributed by atoms with Gasteiger partial charge in [-0.1, -0.05) is 51.1 Å². The molecule has 0 radical (unpaired) electrons. The van der Waals surface area contributed by atoms with E-state index < -0.39 is 0 Å². The molecular formula is C16H24O. The van der Waals surface area contributed by atoms with Crippen LogP contribution >= 0.6 is 0 Å². The molecule has 2 atom stereocenters. The lowest BCUT2D eigenvalue weighted by Crippen LogP contribution is -2.17. The Morgan fingerprint density at radius 1 is 1.29 bits per heavy atom. The minimum atomic E-state index is 0.149. The van der Waals surface area contributed by atoms with Crippen LogP contribution in [0.5, 0.6) is 0 Å². The van der Waals surface area contributed by atoms with E-state index in [2.05, 4.69) is 51.1 Å². The summed E-state index contributed by atoms with van der Waals surface area (Å²) in [4.78, 5) is 0. The molecule has 1 aromatic carbocycles. The molecular weight excluding hydrogens is 208 g/mol. The van der Waals surface area contributed by atoms with Gasteiger partial charge in [-0.2, -0.15) is 0 Å². The van der Waals surface area contributed by atoms with Crippen molar-refractivity contribution in [2.45, 2.75) is 51.6 Å². The average Bonchev–Trinajstić information content (AvgIpc) is 3.05. The lowest BCUT2D eigenvalue weighted by Gasteiger charge is -2.17. The van der Waals surface area contributed by atoms with E-state index in [9.17, 15) is 0 Å². The molecule has 1 aromatic rings. The van der Waals surface area contributed by atoms with Gasteiger partial charge in [-0.15, -0.1) is 0 Å². The van der Waals surface area contributed by atoms with Gasteiger partial charge in [-0.05, 0) is 30.7 Å². The van der Waals surface area contributed by atoms with E-state index in [1.165, 1.54) is 18.4 Å². The van der Waals surface area contributed by atoms with Gasteiger partial charge in [0.1, 0.15) is 0 Å². The Kier molecular flexibility index (Phi) is 3.88. The molecule has 0 aliphatic heterocycles. The van der Waals surface area contributed by atoms with Gasteiger partial charge in [0.25, 0.3) is 0 Å². The maximum absolute atomic E-state index is 6.17. The zero-order valence-corrected chi connectivity index (χ0v) is 11.3. The molecule has 1 heteroatoms. The molecule has 0 saturated heterocycles. The van der Waals surface area contributed by atoms with Crippen LogP contribution in [0.25, 0.3) is 0 Å². The SMILES string of the molecule is CCC1(OCCC(C)C)CC1c1ccccc1. The van der Waals surface area contributed by atoms with E-state index in [0.29, 0.717) is 5.92 Å². The summed E-state index contributed by atoms with van der Waals surface area (Å²) in [5.74, 6) is 1.36. The summed E-state index contributed by atoms with van der Waals surface area (Å²) < 4.78 is 6.17. The Morgan fingerprint density at radius 3 is 2.59 bits per heavy atom. The fraction of sp³-hybridized carbons (Fsp3) is 0.625. The van der Waals surface area contributed by atoms with E-state index in [-0.39, 0.29) is 5.60 Å². The molecule has 0 spiro atoms. The van der Waals surface area contributed by atoms with Crippen molar-refractivity contribution in [3.05, 3.63) is 35.9 Å². The van der Waals surface area contributed by atoms with Crippen LogP contribution < -0.4 is 0 Å². The van der Waals surface area contributed by atoms with Crippen molar-refractivity contribution in [2.75, 3.05) is 6.61 Å². The highest BCUT2D eigenvalue weighted by Gasteiger charge is 2.54. The molecule has 2 rings (SSSR count). The van der Waals surface area contributed by atoms with Crippen LogP contribution in [0.3, 0.4) is 0 Å². The van der Waals surface area contributed by atoms with E-state index in [0.717, 1.165) is 18.9 Å². The topological polar surface area (TPSA) is 9.23 Å². The summed E-state index contributed by atoms with van der Waals surface area (Å²) in [5, 5.41) is 0. The van der Waals surface area contributed by atoms with E-state index in [1.807, 2.05) is 0 Å². The van der Waals surface area contributed by atoms with Crippen LogP contribution in [-0.4, -0.2) is 12.2 Å². The molecule has 0 N–H and O–H groups in total. The number of rotatable bonds is 6. The quantitative estimate of drug-likeness (QED) is 0.707. The minimum Gasteiger partial charge on any atom is -0.374 e. The fourth-order valence-corrected chi connectivity index (χ4v) is 2.54. The summed E-state index contributed by atoms with van der Waals surface area (Å²) in [6.45, 7) is 7.67. The van der Waals surface area contributed by atoms with Crippen molar-refractivity contribution >= 4 is 0 Å². The third-order valence-electron chi connectivity index (χ3n) is 3.91. The zero-order valence-electron chi connectivity index (χ0n) is 11.3. The van der Waals surface area contributed by atoms with Crippen LogP contribution in [0.4, 0.5) is 0 Å². The average molecular weight is 232 g/mol. The summed E-state index contributed by atoms with van der Waals surface area (Å²) in [6, 6.07) is 10.8. The van der Waals surface area contributed by atoms with Gasteiger partial charge >= 0.3 is 0 Å². The summed E-state index contributed by atoms with van der Waals surface area (Å²) in [5.41, 5.74) is 1.59. The highest BCUT2D eigenvalue weighted by atomic mass is 16.5. The van der Waals surface area contributed by atoms with Crippen LogP contribution in [0, 0.1) is 5.92 Å². The van der Waals surface area contributed by atoms with Crippen molar-refractivity contribution in [1.29, 1.82) is 0 Å². The second-order valence-corrected chi connectivity index (χ2v) is 5.62. The lowest BCUT2D eigenvalue weighted by molar-refractivity contribution is 0.0195. The maximum Gasteiger partial charge on any atom is 0.0756 e. The minimum absolute atomic E-state index is 0.149. The van der Waals surface area contributed by atoms with Crippen LogP contribution in [-0.2, 0) is 4.74 Å². The third-order valence-corrected chi connectivity index (χ3v) is 3.91. The highest BCUT2D eigenvalue weighted by molar-refractivity contribution is 5.31. The first-order chi connectivity index (χ1) is 8.18. The maximum atomic E-state index is 6.17. The second kappa shape index (κ2) is 5.22. The van der Waals surface area contributed by atoms with Gasteiger partial charge in [0.2, 0.25) is 0 Å². The molecule has 2 unspecified atom stereocenters. The van der Waals surface area contributed by atoms with Crippen molar-refractivity contribution in [1.82, 2.24) is 0 Å².